The van der Waals surface area contributed by atoms with E-state index in [0.717, 1.165) is 0 Å². The van der Waals surface area contributed by atoms with Gasteiger partial charge in [0.1, 0.15) is 0 Å². The van der Waals surface area contributed by atoms with Crippen molar-refractivity contribution in [1.29, 1.82) is 0 Å². The molecule has 1 aromatic carbocycles. The molecule has 0 fully saturated rings. The third kappa shape index (κ3) is 3.48. The minimum absolute atomic E-state index is 0.271. The molecule has 0 bridgehead atoms. The van der Waals surface area contributed by atoms with Gasteiger partial charge in [0.05, 0.1) is 10.2 Å². The highest BCUT2D eigenvalue weighted by molar-refractivity contribution is 6.35. The van der Waals surface area contributed by atoms with Crippen LogP contribution in [0.4, 0.5) is 0 Å². The van der Waals surface area contributed by atoms with Crippen molar-refractivity contribution in [3.05, 3.63) is 28.3 Å². The van der Waals surface area contributed by atoms with Crippen molar-refractivity contribution in [2.45, 2.75) is 141 Å². The summed E-state index contributed by atoms with van der Waals surface area (Å²) in [4.78, 5) is 0. The lowest BCUT2D eigenvalue weighted by Crippen LogP contribution is -2.36. The Morgan fingerprint density at radius 1 is 0.655 bits per heavy atom. The van der Waals surface area contributed by atoms with Crippen LogP contribution in [0.15, 0.2) is 6.07 Å². The van der Waals surface area contributed by atoms with Gasteiger partial charge in [-0.1, -0.05) is 92.3 Å². The van der Waals surface area contributed by atoms with Gasteiger partial charge in [0, 0.05) is 0 Å². The van der Waals surface area contributed by atoms with Crippen molar-refractivity contribution in [3.63, 3.8) is 0 Å². The predicted octanol–water partition coefficient (Wildman–Crippen LogP) is 7.52. The maximum absolute atomic E-state index is 4.38. The lowest BCUT2D eigenvalue weighted by Gasteiger charge is -2.36. The Bertz CT molecular complexity index is 680. The van der Waals surface area contributed by atoms with Crippen molar-refractivity contribution in [3.8, 4) is 0 Å². The molecular formula is C28H45Si. The van der Waals surface area contributed by atoms with E-state index in [9.17, 15) is 0 Å². The van der Waals surface area contributed by atoms with Crippen molar-refractivity contribution >= 4 is 15.4 Å². The molecule has 0 heterocycles. The van der Waals surface area contributed by atoms with Gasteiger partial charge >= 0.3 is 0 Å². The second-order valence-corrected chi connectivity index (χ2v) is 12.3. The van der Waals surface area contributed by atoms with Crippen LogP contribution in [0.3, 0.4) is 0 Å². The largest absolute Gasteiger partial charge is 0.0720 e. The van der Waals surface area contributed by atoms with Gasteiger partial charge < -0.3 is 0 Å². The number of benzene rings is 1. The Morgan fingerprint density at radius 2 is 0.966 bits per heavy atom. The topological polar surface area (TPSA) is 0 Å². The van der Waals surface area contributed by atoms with E-state index in [1.54, 1.807) is 22.3 Å². The maximum Gasteiger partial charge on any atom is 0.0720 e. The highest BCUT2D eigenvalue weighted by Gasteiger charge is 2.53. The summed E-state index contributed by atoms with van der Waals surface area (Å²) in [5.74, 6) is 0. The van der Waals surface area contributed by atoms with E-state index in [1.807, 2.05) is 0 Å². The molecule has 1 aromatic rings. The molecule has 0 atom stereocenters. The zero-order valence-corrected chi connectivity index (χ0v) is 21.6. The minimum atomic E-state index is 0.271. The first-order valence-corrected chi connectivity index (χ1v) is 13.0. The summed E-state index contributed by atoms with van der Waals surface area (Å²) >= 11 is 0. The van der Waals surface area contributed by atoms with Crippen LogP contribution >= 0.6 is 0 Å². The van der Waals surface area contributed by atoms with E-state index >= 15 is 0 Å². The molecule has 29 heavy (non-hydrogen) atoms. The highest BCUT2D eigenvalue weighted by Crippen LogP contribution is 2.59. The molecule has 0 saturated heterocycles. The summed E-state index contributed by atoms with van der Waals surface area (Å²) in [5, 5.41) is 1.51. The van der Waals surface area contributed by atoms with Crippen LogP contribution in [0.1, 0.15) is 142 Å². The first-order valence-electron chi connectivity index (χ1n) is 12.5. The van der Waals surface area contributed by atoms with Gasteiger partial charge in [0.25, 0.3) is 0 Å². The van der Waals surface area contributed by atoms with Crippen LogP contribution in [0.2, 0.25) is 0 Å². The Kier molecular flexibility index (Phi) is 6.25. The summed E-state index contributed by atoms with van der Waals surface area (Å²) in [6, 6.07) is 2.69. The molecule has 3 radical (unpaired) electrons. The molecule has 161 valence electrons. The molecule has 0 saturated carbocycles. The average molecular weight is 410 g/mol. The van der Waals surface area contributed by atoms with Gasteiger partial charge in [-0.15, -0.1) is 0 Å². The SMILES string of the molecule is CCCC1(CCC)CC(C)(C)c2cc3c(c([Si])c21)C(CCC)(CCC)CC3(C)C. The van der Waals surface area contributed by atoms with Crippen molar-refractivity contribution in [2.24, 2.45) is 0 Å². The number of hydrogen-bond donors (Lipinski definition) is 0. The van der Waals surface area contributed by atoms with Crippen LogP contribution in [-0.4, -0.2) is 10.2 Å². The molecule has 0 spiro atoms. The van der Waals surface area contributed by atoms with Gasteiger partial charge in [-0.25, -0.2) is 0 Å². The summed E-state index contributed by atoms with van der Waals surface area (Å²) in [5.41, 5.74) is 7.96. The summed E-state index contributed by atoms with van der Waals surface area (Å²) in [6.45, 7) is 19.5. The van der Waals surface area contributed by atoms with Crippen molar-refractivity contribution in [1.82, 2.24) is 0 Å². The van der Waals surface area contributed by atoms with Crippen LogP contribution in [0.25, 0.3) is 0 Å². The zero-order valence-electron chi connectivity index (χ0n) is 20.6. The molecule has 1 heteroatoms. The summed E-state index contributed by atoms with van der Waals surface area (Å²) < 4.78 is 0. The van der Waals surface area contributed by atoms with Crippen LogP contribution in [0.5, 0.6) is 0 Å². The summed E-state index contributed by atoms with van der Waals surface area (Å²) in [7, 11) is 4.38. The van der Waals surface area contributed by atoms with E-state index in [-0.39, 0.29) is 10.8 Å². The molecule has 0 aromatic heterocycles. The highest BCUT2D eigenvalue weighted by atomic mass is 28.1. The Hall–Kier alpha value is -0.563. The molecule has 0 nitrogen and oxygen atoms in total. The van der Waals surface area contributed by atoms with Crippen LogP contribution < -0.4 is 5.19 Å². The lowest BCUT2D eigenvalue weighted by atomic mass is 9.70. The molecule has 0 unspecified atom stereocenters. The molecular weight excluding hydrogens is 364 g/mol. The summed E-state index contributed by atoms with van der Waals surface area (Å²) in [6.07, 6.45) is 13.0. The fourth-order valence-electron chi connectivity index (χ4n) is 7.93. The molecule has 2 aliphatic rings. The third-order valence-electron chi connectivity index (χ3n) is 8.32. The van der Waals surface area contributed by atoms with Gasteiger partial charge in [-0.3, -0.25) is 0 Å². The van der Waals surface area contributed by atoms with E-state index in [4.69, 9.17) is 0 Å². The van der Waals surface area contributed by atoms with E-state index in [2.05, 4.69) is 71.7 Å². The normalized spacial score (nSPS) is 22.5. The fraction of sp³-hybridized carbons (Fsp3) is 0.786. The van der Waals surface area contributed by atoms with E-state index in [0.29, 0.717) is 10.8 Å². The fourth-order valence-corrected chi connectivity index (χ4v) is 8.73. The lowest BCUT2D eigenvalue weighted by molar-refractivity contribution is 0.298. The molecule has 0 aliphatic heterocycles. The molecule has 2 aliphatic carbocycles. The van der Waals surface area contributed by atoms with Gasteiger partial charge in [-0.05, 0) is 82.4 Å². The monoisotopic (exact) mass is 409 g/mol. The number of hydrogen-bond acceptors (Lipinski definition) is 0. The third-order valence-corrected chi connectivity index (χ3v) is 8.82. The first-order chi connectivity index (χ1) is 13.5. The average Bonchev–Trinajstić information content (AvgIpc) is 2.95. The number of rotatable bonds is 8. The van der Waals surface area contributed by atoms with Gasteiger partial charge in [0.2, 0.25) is 0 Å². The van der Waals surface area contributed by atoms with Gasteiger partial charge in [0.15, 0.2) is 0 Å². The second kappa shape index (κ2) is 7.85. The van der Waals surface area contributed by atoms with Crippen LogP contribution in [-0.2, 0) is 21.7 Å². The quantitative estimate of drug-likeness (QED) is 0.389. The standard InChI is InChI=1S/C28H45Si/c1-9-13-27(14-10-2)18-25(5,6)20-17-21-23(24(29)22(20)27)28(15-11-3,16-12-4)19-26(21,7)8/h17H,9-16,18-19H2,1-8H3. The van der Waals surface area contributed by atoms with Gasteiger partial charge in [-0.2, -0.15) is 0 Å². The zero-order chi connectivity index (χ0) is 21.7. The maximum atomic E-state index is 4.38. The number of fused-ring (bicyclic) bond motifs is 2. The van der Waals surface area contributed by atoms with Crippen molar-refractivity contribution < 1.29 is 0 Å². The van der Waals surface area contributed by atoms with E-state index in [1.165, 1.54) is 69.4 Å². The minimum Gasteiger partial charge on any atom is -0.0654 e. The van der Waals surface area contributed by atoms with E-state index < -0.39 is 0 Å². The Balaban J connectivity index is 2.36. The molecule has 3 rings (SSSR count). The smallest absolute Gasteiger partial charge is 0.0654 e. The van der Waals surface area contributed by atoms with Crippen molar-refractivity contribution in [2.75, 3.05) is 0 Å². The predicted molar refractivity (Wildman–Crippen MR) is 130 cm³/mol. The Morgan fingerprint density at radius 3 is 1.24 bits per heavy atom. The molecule has 0 N–H and O–H groups in total. The Labute approximate surface area is 185 Å². The first kappa shape index (κ1) is 23.1. The molecule has 0 amide bonds. The second-order valence-electron chi connectivity index (χ2n) is 11.8. The van der Waals surface area contributed by atoms with Crippen LogP contribution in [0, 0.1) is 0 Å².